The summed E-state index contributed by atoms with van der Waals surface area (Å²) in [6, 6.07) is 14.4. The Morgan fingerprint density at radius 2 is 1.75 bits per heavy atom. The number of aromatic carboxylic acids is 1. The Balaban J connectivity index is 0.00000181. The zero-order valence-electron chi connectivity index (χ0n) is 23.8. The number of pyridine rings is 1. The van der Waals surface area contributed by atoms with E-state index in [4.69, 9.17) is 14.8 Å². The molecule has 40 heavy (non-hydrogen) atoms. The summed E-state index contributed by atoms with van der Waals surface area (Å²) in [6.45, 7) is 9.95. The Labute approximate surface area is 234 Å². The second-order valence-electron chi connectivity index (χ2n) is 9.54. The van der Waals surface area contributed by atoms with Crippen LogP contribution < -0.4 is 9.64 Å². The quantitative estimate of drug-likeness (QED) is 0.272. The van der Waals surface area contributed by atoms with Crippen molar-refractivity contribution >= 4 is 34.4 Å². The van der Waals surface area contributed by atoms with Crippen LogP contribution in [0.15, 0.2) is 48.5 Å². The molecule has 8 heteroatoms. The minimum atomic E-state index is -0.981. The molecule has 206 valence electrons. The topological polar surface area (TPSA) is 97.6 Å². The van der Waals surface area contributed by atoms with E-state index in [9.17, 15) is 9.59 Å². The molecule has 0 spiro atoms. The van der Waals surface area contributed by atoms with E-state index >= 15 is 0 Å². The van der Waals surface area contributed by atoms with E-state index in [1.165, 1.54) is 17.7 Å². The van der Waals surface area contributed by atoms with Crippen molar-refractivity contribution in [2.24, 2.45) is 7.05 Å². The van der Waals surface area contributed by atoms with Gasteiger partial charge in [0, 0.05) is 7.05 Å². The number of rotatable bonds is 7. The third-order valence-corrected chi connectivity index (χ3v) is 6.79. The van der Waals surface area contributed by atoms with Crippen molar-refractivity contribution in [1.29, 1.82) is 0 Å². The van der Waals surface area contributed by atoms with Crippen LogP contribution in [0.25, 0.3) is 11.0 Å². The fourth-order valence-corrected chi connectivity index (χ4v) is 4.45. The second kappa shape index (κ2) is 12.0. The van der Waals surface area contributed by atoms with Crippen molar-refractivity contribution in [3.8, 4) is 17.7 Å². The Morgan fingerprint density at radius 3 is 2.38 bits per heavy atom. The maximum atomic E-state index is 13.4. The van der Waals surface area contributed by atoms with Gasteiger partial charge < -0.3 is 9.84 Å². The molecule has 2 aromatic heterocycles. The van der Waals surface area contributed by atoms with Gasteiger partial charge in [0.2, 0.25) is 0 Å². The van der Waals surface area contributed by atoms with E-state index in [1.54, 1.807) is 41.8 Å². The number of fused-ring (bicyclic) bond motifs is 1. The molecule has 2 heterocycles. The molecular weight excluding hydrogens is 504 g/mol. The number of aryl methyl sites for hydroxylation is 3. The lowest BCUT2D eigenvalue weighted by atomic mass is 9.99. The van der Waals surface area contributed by atoms with Gasteiger partial charge in [0.05, 0.1) is 16.8 Å². The Kier molecular flexibility index (Phi) is 8.54. The van der Waals surface area contributed by atoms with E-state index in [2.05, 4.69) is 29.9 Å². The summed E-state index contributed by atoms with van der Waals surface area (Å²) in [4.78, 5) is 30.9. The van der Waals surface area contributed by atoms with Gasteiger partial charge in [-0.3, -0.25) is 14.4 Å². The number of hydrogen-bond acceptors (Lipinski definition) is 5. The smallest absolute Gasteiger partial charge is 0.335 e. The molecule has 0 bridgehead atoms. The molecule has 1 fully saturated rings. The Morgan fingerprint density at radius 1 is 1.07 bits per heavy atom. The van der Waals surface area contributed by atoms with Crippen LogP contribution in [-0.4, -0.2) is 31.7 Å². The van der Waals surface area contributed by atoms with Gasteiger partial charge in [0.15, 0.2) is 5.52 Å². The highest BCUT2D eigenvalue weighted by atomic mass is 16.5. The Bertz CT molecular complexity index is 1620. The first-order valence-electron chi connectivity index (χ1n) is 13.4. The normalized spacial score (nSPS) is 12.2. The first-order chi connectivity index (χ1) is 19.3. The number of amides is 1. The standard InChI is InChI=1S/C30H28N4O4.C2H6/c1-5-6-27(35)34(25-16-19(3)18(2)15-23(25)21-11-12-21)26-14-13-24-28(31-26)29(32-33(24)4)38-17-20-7-9-22(10-8-20)30(36)37;1-2/h7-10,13-16,21H,11-12,17H2,1-4H3,(H,36,37);1-2H3. The molecule has 0 unspecified atom stereocenters. The zero-order chi connectivity index (χ0) is 29.0. The number of nitrogens with zero attached hydrogens (tertiary/aromatic N) is 4. The van der Waals surface area contributed by atoms with Crippen molar-refractivity contribution in [2.45, 2.75) is 60.0 Å². The molecule has 0 aliphatic heterocycles. The minimum Gasteiger partial charge on any atom is -0.478 e. The van der Waals surface area contributed by atoms with Crippen LogP contribution in [0.2, 0.25) is 0 Å². The molecule has 0 atom stereocenters. The summed E-state index contributed by atoms with van der Waals surface area (Å²) in [5, 5.41) is 13.6. The third kappa shape index (κ3) is 5.84. The molecule has 0 radical (unpaired) electrons. The van der Waals surface area contributed by atoms with Crippen LogP contribution in [0.4, 0.5) is 11.5 Å². The average Bonchev–Trinajstić information content (AvgIpc) is 3.75. The first kappa shape index (κ1) is 28.4. The van der Waals surface area contributed by atoms with E-state index < -0.39 is 5.97 Å². The summed E-state index contributed by atoms with van der Waals surface area (Å²) in [6.07, 6.45) is 2.19. The van der Waals surface area contributed by atoms with Gasteiger partial charge in [-0.1, -0.05) is 38.0 Å². The minimum absolute atomic E-state index is 0.185. The number of carboxylic acid groups (broad SMARTS) is 1. The van der Waals surface area contributed by atoms with Crippen molar-refractivity contribution in [3.05, 3.63) is 76.3 Å². The summed E-state index contributed by atoms with van der Waals surface area (Å²) in [7, 11) is 1.80. The van der Waals surface area contributed by atoms with Gasteiger partial charge in [-0.2, -0.15) is 0 Å². The average molecular weight is 539 g/mol. The number of carboxylic acids is 1. The van der Waals surface area contributed by atoms with Crippen LogP contribution in [0, 0.1) is 25.7 Å². The van der Waals surface area contributed by atoms with Crippen molar-refractivity contribution in [2.75, 3.05) is 4.90 Å². The summed E-state index contributed by atoms with van der Waals surface area (Å²) >= 11 is 0. The molecule has 1 saturated carbocycles. The fraction of sp³-hybridized carbons (Fsp3) is 0.312. The van der Waals surface area contributed by atoms with Crippen LogP contribution in [0.5, 0.6) is 5.88 Å². The highest BCUT2D eigenvalue weighted by Gasteiger charge is 2.31. The third-order valence-electron chi connectivity index (χ3n) is 6.79. The maximum absolute atomic E-state index is 13.4. The molecule has 8 nitrogen and oxygen atoms in total. The summed E-state index contributed by atoms with van der Waals surface area (Å²) in [5.41, 5.74) is 6.49. The highest BCUT2D eigenvalue weighted by molar-refractivity contribution is 6.11. The summed E-state index contributed by atoms with van der Waals surface area (Å²) in [5.74, 6) is 5.28. The first-order valence-corrected chi connectivity index (χ1v) is 13.4. The molecule has 1 N–H and O–H groups in total. The number of carbonyl (C=O) groups is 2. The van der Waals surface area contributed by atoms with E-state index in [-0.39, 0.29) is 18.1 Å². The Hall–Kier alpha value is -4.64. The molecule has 4 aromatic rings. The molecule has 1 aliphatic rings. The number of carbonyl (C=O) groups excluding carboxylic acids is 1. The van der Waals surface area contributed by atoms with Crippen LogP contribution in [0.1, 0.15) is 72.1 Å². The van der Waals surface area contributed by atoms with E-state index in [0.717, 1.165) is 40.7 Å². The van der Waals surface area contributed by atoms with Crippen LogP contribution in [0.3, 0.4) is 0 Å². The zero-order valence-corrected chi connectivity index (χ0v) is 23.8. The molecule has 1 amide bonds. The van der Waals surface area contributed by atoms with Crippen LogP contribution >= 0.6 is 0 Å². The van der Waals surface area contributed by atoms with Gasteiger partial charge >= 0.3 is 11.9 Å². The van der Waals surface area contributed by atoms with E-state index in [0.29, 0.717) is 23.1 Å². The predicted molar refractivity (Wildman–Crippen MR) is 156 cm³/mol. The van der Waals surface area contributed by atoms with Gasteiger partial charge in [0.1, 0.15) is 12.4 Å². The lowest BCUT2D eigenvalue weighted by molar-refractivity contribution is -0.112. The second-order valence-corrected chi connectivity index (χ2v) is 9.54. The monoisotopic (exact) mass is 538 g/mol. The molecule has 1 aliphatic carbocycles. The number of benzene rings is 2. The van der Waals surface area contributed by atoms with Crippen LogP contribution in [-0.2, 0) is 18.4 Å². The largest absolute Gasteiger partial charge is 0.478 e. The number of aromatic nitrogens is 3. The maximum Gasteiger partial charge on any atom is 0.335 e. The fourth-order valence-electron chi connectivity index (χ4n) is 4.45. The number of hydrogen-bond donors (Lipinski definition) is 1. The van der Waals surface area contributed by atoms with Crippen molar-refractivity contribution < 1.29 is 19.4 Å². The molecule has 2 aromatic carbocycles. The number of anilines is 2. The predicted octanol–water partition coefficient (Wildman–Crippen LogP) is 6.45. The lowest BCUT2D eigenvalue weighted by Gasteiger charge is -2.24. The van der Waals surface area contributed by atoms with Gasteiger partial charge in [-0.15, -0.1) is 5.10 Å². The highest BCUT2D eigenvalue weighted by Crippen LogP contribution is 2.46. The SMILES string of the molecule is CC.CC#CC(=O)N(c1ccc2c(n1)c(OCc1ccc(C(=O)O)cc1)nn2C)c1cc(C)c(C)cc1C1CC1. The molecule has 0 saturated heterocycles. The van der Waals surface area contributed by atoms with E-state index in [1.807, 2.05) is 32.9 Å². The van der Waals surface area contributed by atoms with Gasteiger partial charge in [-0.05, 0) is 98.0 Å². The van der Waals surface area contributed by atoms with Crippen molar-refractivity contribution in [3.63, 3.8) is 0 Å². The van der Waals surface area contributed by atoms with Gasteiger partial charge in [-0.25, -0.2) is 9.78 Å². The molecule has 5 rings (SSSR count). The van der Waals surface area contributed by atoms with Gasteiger partial charge in [0.25, 0.3) is 5.88 Å². The molecular formula is C32H34N4O4. The summed E-state index contributed by atoms with van der Waals surface area (Å²) < 4.78 is 7.69. The lowest BCUT2D eigenvalue weighted by Crippen LogP contribution is -2.26. The number of ether oxygens (including phenoxy) is 1. The van der Waals surface area contributed by atoms with Crippen molar-refractivity contribution in [1.82, 2.24) is 14.8 Å².